The fourth-order valence-electron chi connectivity index (χ4n) is 4.80. The van der Waals surface area contributed by atoms with Crippen molar-refractivity contribution < 1.29 is 18.0 Å². The Kier molecular flexibility index (Phi) is 10.4. The van der Waals surface area contributed by atoms with Crippen molar-refractivity contribution in [1.82, 2.24) is 10.2 Å². The van der Waals surface area contributed by atoms with Gasteiger partial charge in [0.15, 0.2) is 0 Å². The molecule has 4 rings (SSSR count). The van der Waals surface area contributed by atoms with Gasteiger partial charge in [-0.05, 0) is 48.1 Å². The minimum absolute atomic E-state index is 0.0939. The van der Waals surface area contributed by atoms with Gasteiger partial charge < -0.3 is 10.2 Å². The van der Waals surface area contributed by atoms with E-state index in [2.05, 4.69) is 21.2 Å². The number of carbonyl (C=O) groups excluding carboxylic acids is 2. The van der Waals surface area contributed by atoms with Gasteiger partial charge in [-0.2, -0.15) is 0 Å². The van der Waals surface area contributed by atoms with Crippen LogP contribution in [0.5, 0.6) is 0 Å². The van der Waals surface area contributed by atoms with Crippen molar-refractivity contribution in [3.63, 3.8) is 0 Å². The third-order valence-corrected chi connectivity index (χ3v) is 8.91. The molecule has 220 valence electrons. The lowest BCUT2D eigenvalue weighted by atomic mass is 10.0. The summed E-state index contributed by atoms with van der Waals surface area (Å²) in [6.45, 7) is 3.58. The zero-order chi connectivity index (χ0) is 30.3. The summed E-state index contributed by atoms with van der Waals surface area (Å²) in [5.41, 5.74) is 2.12. The van der Waals surface area contributed by atoms with E-state index >= 15 is 0 Å². The van der Waals surface area contributed by atoms with Crippen LogP contribution in [0, 0.1) is 0 Å². The quantitative estimate of drug-likeness (QED) is 0.206. The molecule has 0 heterocycles. The molecule has 4 aromatic carbocycles. The molecule has 2 amide bonds. The van der Waals surface area contributed by atoms with E-state index in [-0.39, 0.29) is 24.9 Å². The maximum Gasteiger partial charge on any atom is 0.244 e. The van der Waals surface area contributed by atoms with E-state index in [4.69, 9.17) is 0 Å². The standard InChI is InChI=1S/C33H36BrN3O4S/c1-4-24(2)35-33(39)31(21-25-11-6-5-7-12-25)36(22-26-17-19-28(34)20-18-26)32(38)23-37(42(3,40)41)30-16-10-14-27-13-8-9-15-29(27)30/h5-20,24,31H,4,21-23H2,1-3H3,(H,35,39)/t24-,31+/m1/s1. The number of benzene rings is 4. The minimum Gasteiger partial charge on any atom is -0.352 e. The lowest BCUT2D eigenvalue weighted by Gasteiger charge is -2.34. The van der Waals surface area contributed by atoms with Gasteiger partial charge in [0, 0.05) is 28.9 Å². The molecule has 0 spiro atoms. The Hall–Kier alpha value is -3.69. The SMILES string of the molecule is CC[C@@H](C)NC(=O)[C@H](Cc1ccccc1)N(Cc1ccc(Br)cc1)C(=O)CN(c1cccc2ccccc12)S(C)(=O)=O. The average Bonchev–Trinajstić information content (AvgIpc) is 2.98. The molecule has 9 heteroatoms. The molecule has 4 aromatic rings. The first-order chi connectivity index (χ1) is 20.1. The molecular formula is C33H36BrN3O4S. The first-order valence-electron chi connectivity index (χ1n) is 13.9. The van der Waals surface area contributed by atoms with Gasteiger partial charge >= 0.3 is 0 Å². The van der Waals surface area contributed by atoms with Crippen LogP contribution in [-0.2, 0) is 32.6 Å². The Balaban J connectivity index is 1.78. The van der Waals surface area contributed by atoms with Crippen LogP contribution in [-0.4, -0.2) is 50.0 Å². The van der Waals surface area contributed by atoms with Crippen molar-refractivity contribution in [2.75, 3.05) is 17.1 Å². The molecule has 1 N–H and O–H groups in total. The van der Waals surface area contributed by atoms with Crippen molar-refractivity contribution in [1.29, 1.82) is 0 Å². The summed E-state index contributed by atoms with van der Waals surface area (Å²) in [6.07, 6.45) is 2.10. The number of halogens is 1. The van der Waals surface area contributed by atoms with E-state index in [0.29, 0.717) is 11.1 Å². The van der Waals surface area contributed by atoms with Crippen molar-refractivity contribution in [3.05, 3.63) is 113 Å². The van der Waals surface area contributed by atoms with Gasteiger partial charge in [-0.15, -0.1) is 0 Å². The molecule has 0 aromatic heterocycles. The Morgan fingerprint density at radius 2 is 1.50 bits per heavy atom. The minimum atomic E-state index is -3.87. The van der Waals surface area contributed by atoms with Gasteiger partial charge in [0.25, 0.3) is 0 Å². The number of nitrogens with zero attached hydrogens (tertiary/aromatic N) is 2. The molecule has 0 aliphatic heterocycles. The van der Waals surface area contributed by atoms with Crippen molar-refractivity contribution >= 4 is 54.2 Å². The van der Waals surface area contributed by atoms with Gasteiger partial charge in [-0.3, -0.25) is 13.9 Å². The smallest absolute Gasteiger partial charge is 0.244 e. The number of nitrogens with one attached hydrogen (secondary N) is 1. The zero-order valence-electron chi connectivity index (χ0n) is 24.0. The third kappa shape index (κ3) is 7.98. The second kappa shape index (κ2) is 14.0. The number of carbonyl (C=O) groups is 2. The largest absolute Gasteiger partial charge is 0.352 e. The van der Waals surface area contributed by atoms with E-state index in [1.165, 1.54) is 4.90 Å². The van der Waals surface area contributed by atoms with Gasteiger partial charge in [-0.25, -0.2) is 8.42 Å². The molecule has 2 atom stereocenters. The molecule has 0 radical (unpaired) electrons. The topological polar surface area (TPSA) is 86.8 Å². The fraction of sp³-hybridized carbons (Fsp3) is 0.273. The Labute approximate surface area is 256 Å². The van der Waals surface area contributed by atoms with Crippen LogP contribution in [0.1, 0.15) is 31.4 Å². The summed E-state index contributed by atoms with van der Waals surface area (Å²) in [5.74, 6) is -0.758. The predicted octanol–water partition coefficient (Wildman–Crippen LogP) is 5.92. The predicted molar refractivity (Wildman–Crippen MR) is 173 cm³/mol. The van der Waals surface area contributed by atoms with Crippen LogP contribution in [0.15, 0.2) is 102 Å². The summed E-state index contributed by atoms with van der Waals surface area (Å²) >= 11 is 3.45. The highest BCUT2D eigenvalue weighted by atomic mass is 79.9. The molecule has 42 heavy (non-hydrogen) atoms. The second-order valence-electron chi connectivity index (χ2n) is 10.4. The monoisotopic (exact) mass is 649 g/mol. The van der Waals surface area contributed by atoms with E-state index < -0.39 is 28.5 Å². The van der Waals surface area contributed by atoms with Crippen LogP contribution in [0.3, 0.4) is 0 Å². The number of rotatable bonds is 12. The zero-order valence-corrected chi connectivity index (χ0v) is 26.4. The molecular weight excluding hydrogens is 614 g/mol. The normalized spacial score (nSPS) is 12.9. The molecule has 7 nitrogen and oxygen atoms in total. The summed E-state index contributed by atoms with van der Waals surface area (Å²) < 4.78 is 28.4. The van der Waals surface area contributed by atoms with E-state index in [0.717, 1.165) is 38.0 Å². The van der Waals surface area contributed by atoms with Crippen LogP contribution in [0.25, 0.3) is 10.8 Å². The lowest BCUT2D eigenvalue weighted by Crippen LogP contribution is -2.54. The first-order valence-corrected chi connectivity index (χ1v) is 16.5. The highest BCUT2D eigenvalue weighted by Crippen LogP contribution is 2.29. The molecule has 0 bridgehead atoms. The number of hydrogen-bond acceptors (Lipinski definition) is 4. The Bertz CT molecular complexity index is 1620. The highest BCUT2D eigenvalue weighted by Gasteiger charge is 2.33. The lowest BCUT2D eigenvalue weighted by molar-refractivity contribution is -0.140. The first kappa shape index (κ1) is 31.3. The average molecular weight is 651 g/mol. The van der Waals surface area contributed by atoms with Crippen LogP contribution in [0.4, 0.5) is 5.69 Å². The van der Waals surface area contributed by atoms with Crippen LogP contribution >= 0.6 is 15.9 Å². The van der Waals surface area contributed by atoms with Gasteiger partial charge in [0.05, 0.1) is 11.9 Å². The summed E-state index contributed by atoms with van der Waals surface area (Å²) in [7, 11) is -3.87. The maximum atomic E-state index is 14.3. The Morgan fingerprint density at radius 1 is 0.857 bits per heavy atom. The van der Waals surface area contributed by atoms with Crippen molar-refractivity contribution in [2.24, 2.45) is 0 Å². The summed E-state index contributed by atoms with van der Waals surface area (Å²) in [5, 5.41) is 4.62. The molecule has 0 saturated carbocycles. The van der Waals surface area contributed by atoms with Crippen molar-refractivity contribution in [2.45, 2.75) is 45.3 Å². The number of anilines is 1. The van der Waals surface area contributed by atoms with Crippen LogP contribution < -0.4 is 9.62 Å². The highest BCUT2D eigenvalue weighted by molar-refractivity contribution is 9.10. The number of fused-ring (bicyclic) bond motifs is 1. The van der Waals surface area contributed by atoms with Crippen LogP contribution in [0.2, 0.25) is 0 Å². The van der Waals surface area contributed by atoms with Gasteiger partial charge in [-0.1, -0.05) is 102 Å². The van der Waals surface area contributed by atoms with E-state index in [1.54, 1.807) is 12.1 Å². The fourth-order valence-corrected chi connectivity index (χ4v) is 5.93. The van der Waals surface area contributed by atoms with Gasteiger partial charge in [0.2, 0.25) is 21.8 Å². The van der Waals surface area contributed by atoms with E-state index in [9.17, 15) is 18.0 Å². The molecule has 0 fully saturated rings. The second-order valence-corrected chi connectivity index (χ2v) is 13.3. The molecule has 0 unspecified atom stereocenters. The third-order valence-electron chi connectivity index (χ3n) is 7.25. The van der Waals surface area contributed by atoms with Gasteiger partial charge in [0.1, 0.15) is 12.6 Å². The summed E-state index contributed by atoms with van der Waals surface area (Å²) in [6, 6.07) is 28.9. The number of hydrogen-bond donors (Lipinski definition) is 1. The van der Waals surface area contributed by atoms with Crippen molar-refractivity contribution in [3.8, 4) is 0 Å². The molecule has 0 aliphatic carbocycles. The number of amides is 2. The number of sulfonamides is 1. The molecule has 0 aliphatic rings. The van der Waals surface area contributed by atoms with E-state index in [1.807, 2.05) is 98.8 Å². The Morgan fingerprint density at radius 3 is 2.17 bits per heavy atom. The molecule has 0 saturated heterocycles. The maximum absolute atomic E-state index is 14.3. The summed E-state index contributed by atoms with van der Waals surface area (Å²) in [4.78, 5) is 29.6.